The van der Waals surface area contributed by atoms with Crippen molar-refractivity contribution in [3.63, 3.8) is 0 Å². The van der Waals surface area contributed by atoms with Crippen LogP contribution in [0.1, 0.15) is 13.3 Å². The van der Waals surface area contributed by atoms with E-state index in [1.54, 1.807) is 7.05 Å². The van der Waals surface area contributed by atoms with Crippen LogP contribution in [0.2, 0.25) is 0 Å². The number of likely N-dealkylation sites (N-methyl/N-ethyl adjacent to an activating group) is 2. The van der Waals surface area contributed by atoms with Gasteiger partial charge in [-0.1, -0.05) is 6.92 Å². The average Bonchev–Trinajstić information content (AvgIpc) is 2.45. The van der Waals surface area contributed by atoms with Crippen LogP contribution in [0.5, 0.6) is 0 Å². The molecule has 0 aromatic carbocycles. The Kier molecular flexibility index (Phi) is 8.26. The quantitative estimate of drug-likeness (QED) is 0.595. The number of ether oxygens (including phenoxy) is 1. The molecule has 1 aliphatic rings. The lowest BCUT2D eigenvalue weighted by molar-refractivity contribution is -0.137. The number of rotatable bonds is 8. The number of morpholine rings is 1. The van der Waals surface area contributed by atoms with E-state index in [1.165, 1.54) is 4.90 Å². The maximum Gasteiger partial charge on any atom is 0.239 e. The second-order valence-electron chi connectivity index (χ2n) is 5.39. The molecule has 0 aliphatic carbocycles. The van der Waals surface area contributed by atoms with Gasteiger partial charge in [-0.05, 0) is 13.5 Å². The van der Waals surface area contributed by atoms with Crippen molar-refractivity contribution in [3.05, 3.63) is 0 Å². The van der Waals surface area contributed by atoms with Gasteiger partial charge in [-0.3, -0.25) is 14.5 Å². The Hall–Kier alpha value is -1.18. The van der Waals surface area contributed by atoms with Gasteiger partial charge in [0.15, 0.2) is 0 Å². The Bertz CT molecular complexity index is 336. The first-order valence-corrected chi connectivity index (χ1v) is 7.56. The number of hydrogen-bond acceptors (Lipinski definition) is 5. The van der Waals surface area contributed by atoms with Crippen molar-refractivity contribution in [2.24, 2.45) is 0 Å². The van der Waals surface area contributed by atoms with Gasteiger partial charge in [0, 0.05) is 33.2 Å². The number of hydrogen-bond donors (Lipinski definition) is 2. The van der Waals surface area contributed by atoms with Crippen molar-refractivity contribution >= 4 is 11.8 Å². The predicted octanol–water partition coefficient (Wildman–Crippen LogP) is -1.11. The maximum absolute atomic E-state index is 12.1. The van der Waals surface area contributed by atoms with Crippen LogP contribution in [0.3, 0.4) is 0 Å². The minimum Gasteiger partial charge on any atom is -0.374 e. The Morgan fingerprint density at radius 1 is 1.43 bits per heavy atom. The first kappa shape index (κ1) is 17.9. The molecule has 2 amide bonds. The lowest BCUT2D eigenvalue weighted by Crippen LogP contribution is -2.50. The molecule has 0 aromatic rings. The highest BCUT2D eigenvalue weighted by Gasteiger charge is 2.23. The summed E-state index contributed by atoms with van der Waals surface area (Å²) in [5.74, 6) is -0.144. The molecule has 0 aromatic heterocycles. The zero-order valence-electron chi connectivity index (χ0n) is 13.4. The normalized spacial score (nSPS) is 19.3. The molecule has 122 valence electrons. The van der Waals surface area contributed by atoms with E-state index in [0.29, 0.717) is 19.7 Å². The first-order valence-electron chi connectivity index (χ1n) is 7.56. The fourth-order valence-electron chi connectivity index (χ4n) is 2.21. The van der Waals surface area contributed by atoms with Crippen molar-refractivity contribution < 1.29 is 14.3 Å². The van der Waals surface area contributed by atoms with E-state index in [1.807, 2.05) is 14.0 Å². The van der Waals surface area contributed by atoms with Gasteiger partial charge in [0.1, 0.15) is 0 Å². The molecule has 2 N–H and O–H groups in total. The van der Waals surface area contributed by atoms with Gasteiger partial charge in [0.05, 0.1) is 25.8 Å². The van der Waals surface area contributed by atoms with Crippen molar-refractivity contribution in [2.75, 3.05) is 60.0 Å². The SMILES string of the molecule is CCCNC(=O)CN(C)C(=O)CN1CCOC(CNC)C1. The fourth-order valence-corrected chi connectivity index (χ4v) is 2.21. The first-order chi connectivity index (χ1) is 10.1. The molecule has 0 spiro atoms. The van der Waals surface area contributed by atoms with E-state index >= 15 is 0 Å². The van der Waals surface area contributed by atoms with Crippen molar-refractivity contribution in [1.29, 1.82) is 0 Å². The molecule has 21 heavy (non-hydrogen) atoms. The monoisotopic (exact) mass is 300 g/mol. The molecule has 1 saturated heterocycles. The molecule has 0 saturated carbocycles. The smallest absolute Gasteiger partial charge is 0.239 e. The van der Waals surface area contributed by atoms with Gasteiger partial charge < -0.3 is 20.3 Å². The summed E-state index contributed by atoms with van der Waals surface area (Å²) in [5.41, 5.74) is 0. The molecule has 1 heterocycles. The summed E-state index contributed by atoms with van der Waals surface area (Å²) in [4.78, 5) is 27.3. The molecule has 7 heteroatoms. The highest BCUT2D eigenvalue weighted by atomic mass is 16.5. The summed E-state index contributed by atoms with van der Waals surface area (Å²) >= 11 is 0. The van der Waals surface area contributed by atoms with E-state index in [4.69, 9.17) is 4.74 Å². The lowest BCUT2D eigenvalue weighted by Gasteiger charge is -2.33. The topological polar surface area (TPSA) is 73.9 Å². The maximum atomic E-state index is 12.1. The number of nitrogens with zero attached hydrogens (tertiary/aromatic N) is 2. The molecule has 1 atom stereocenters. The summed E-state index contributed by atoms with van der Waals surface area (Å²) in [6.45, 7) is 6.00. The molecule has 7 nitrogen and oxygen atoms in total. The zero-order valence-corrected chi connectivity index (χ0v) is 13.4. The van der Waals surface area contributed by atoms with E-state index in [2.05, 4.69) is 15.5 Å². The van der Waals surface area contributed by atoms with E-state index in [0.717, 1.165) is 26.1 Å². The lowest BCUT2D eigenvalue weighted by atomic mass is 10.2. The molecule has 1 fully saturated rings. The number of nitrogens with one attached hydrogen (secondary N) is 2. The Morgan fingerprint density at radius 2 is 2.19 bits per heavy atom. The summed E-state index contributed by atoms with van der Waals surface area (Å²) in [6.07, 6.45) is 1.01. The van der Waals surface area contributed by atoms with Crippen molar-refractivity contribution in [2.45, 2.75) is 19.4 Å². The van der Waals surface area contributed by atoms with Crippen LogP contribution in [-0.4, -0.2) is 87.7 Å². The average molecular weight is 300 g/mol. The largest absolute Gasteiger partial charge is 0.374 e. The van der Waals surface area contributed by atoms with Gasteiger partial charge >= 0.3 is 0 Å². The minimum absolute atomic E-state index is 0.0354. The van der Waals surface area contributed by atoms with Gasteiger partial charge in [-0.25, -0.2) is 0 Å². The second kappa shape index (κ2) is 9.70. The fraction of sp³-hybridized carbons (Fsp3) is 0.857. The Morgan fingerprint density at radius 3 is 2.86 bits per heavy atom. The third-order valence-corrected chi connectivity index (χ3v) is 3.39. The Labute approximate surface area is 127 Å². The van der Waals surface area contributed by atoms with Crippen molar-refractivity contribution in [1.82, 2.24) is 20.4 Å². The second-order valence-corrected chi connectivity index (χ2v) is 5.39. The van der Waals surface area contributed by atoms with Crippen LogP contribution in [0.15, 0.2) is 0 Å². The molecular weight excluding hydrogens is 272 g/mol. The number of carbonyl (C=O) groups is 2. The summed E-state index contributed by atoms with van der Waals surface area (Å²) < 4.78 is 5.61. The van der Waals surface area contributed by atoms with Gasteiger partial charge in [0.25, 0.3) is 0 Å². The van der Waals surface area contributed by atoms with Crippen LogP contribution < -0.4 is 10.6 Å². The minimum atomic E-state index is -0.109. The van der Waals surface area contributed by atoms with Crippen molar-refractivity contribution in [3.8, 4) is 0 Å². The number of amides is 2. The van der Waals surface area contributed by atoms with Crippen LogP contribution in [0, 0.1) is 0 Å². The summed E-state index contributed by atoms with van der Waals surface area (Å²) in [7, 11) is 3.55. The van der Waals surface area contributed by atoms with Crippen LogP contribution in [0.4, 0.5) is 0 Å². The van der Waals surface area contributed by atoms with Crippen LogP contribution in [-0.2, 0) is 14.3 Å². The van der Waals surface area contributed by atoms with Crippen LogP contribution >= 0.6 is 0 Å². The standard InChI is InChI=1S/C14H28N4O3/c1-4-5-16-13(19)10-17(3)14(20)11-18-6-7-21-12(9-18)8-15-2/h12,15H,4-11H2,1-3H3,(H,16,19). The van der Waals surface area contributed by atoms with E-state index in [9.17, 15) is 9.59 Å². The molecule has 0 radical (unpaired) electrons. The van der Waals surface area contributed by atoms with Gasteiger partial charge in [0.2, 0.25) is 11.8 Å². The van der Waals surface area contributed by atoms with E-state index < -0.39 is 0 Å². The summed E-state index contributed by atoms with van der Waals surface area (Å²) in [5, 5.41) is 5.85. The Balaban J connectivity index is 2.32. The van der Waals surface area contributed by atoms with Gasteiger partial charge in [-0.2, -0.15) is 0 Å². The molecule has 1 aliphatic heterocycles. The molecule has 0 bridgehead atoms. The summed E-state index contributed by atoms with van der Waals surface area (Å²) in [6, 6.07) is 0. The third-order valence-electron chi connectivity index (χ3n) is 3.39. The zero-order chi connectivity index (χ0) is 15.7. The molecule has 1 unspecified atom stereocenters. The third kappa shape index (κ3) is 6.88. The highest BCUT2D eigenvalue weighted by molar-refractivity contribution is 5.85. The molecule has 1 rings (SSSR count). The highest BCUT2D eigenvalue weighted by Crippen LogP contribution is 2.04. The van der Waals surface area contributed by atoms with Gasteiger partial charge in [-0.15, -0.1) is 0 Å². The molecular formula is C14H28N4O3. The number of carbonyl (C=O) groups excluding carboxylic acids is 2. The van der Waals surface area contributed by atoms with E-state index in [-0.39, 0.29) is 24.5 Å². The van der Waals surface area contributed by atoms with Crippen LogP contribution in [0.25, 0.3) is 0 Å². The predicted molar refractivity (Wildman–Crippen MR) is 81.0 cm³/mol.